The molecule has 0 aliphatic carbocycles. The SMILES string of the molecule is O=[N+]([O-])c1ccc(NCCO)c(S(=O)O)c1.[H-].[Na+]. The smallest absolute Gasteiger partial charge is 1.00 e. The van der Waals surface area contributed by atoms with E-state index in [0.29, 0.717) is 5.69 Å². The summed E-state index contributed by atoms with van der Waals surface area (Å²) in [5, 5.41) is 21.7. The van der Waals surface area contributed by atoms with Gasteiger partial charge in [0.2, 0.25) is 0 Å². The Kier molecular flexibility index (Phi) is 7.51. The number of aliphatic hydroxyl groups excluding tert-OH is 1. The number of anilines is 1. The fourth-order valence-electron chi connectivity index (χ4n) is 1.11. The number of nitro benzene ring substituents is 1. The van der Waals surface area contributed by atoms with Crippen LogP contribution in [0.25, 0.3) is 0 Å². The summed E-state index contributed by atoms with van der Waals surface area (Å²) in [5.74, 6) is 0. The van der Waals surface area contributed by atoms with Gasteiger partial charge in [-0.15, -0.1) is 0 Å². The van der Waals surface area contributed by atoms with E-state index < -0.39 is 16.0 Å². The number of hydrogen-bond donors (Lipinski definition) is 3. The predicted molar refractivity (Wildman–Crippen MR) is 58.8 cm³/mol. The zero-order valence-corrected chi connectivity index (χ0v) is 11.9. The summed E-state index contributed by atoms with van der Waals surface area (Å²) in [6.45, 7) is 0.0521. The third-order valence-electron chi connectivity index (χ3n) is 1.79. The van der Waals surface area contributed by atoms with Crippen LogP contribution in [0.2, 0.25) is 0 Å². The van der Waals surface area contributed by atoms with E-state index in [0.717, 1.165) is 6.07 Å². The number of rotatable bonds is 5. The molecule has 0 saturated carbocycles. The minimum absolute atomic E-state index is 0. The number of hydrogen-bond acceptors (Lipinski definition) is 5. The maximum absolute atomic E-state index is 10.9. The Hall–Kier alpha value is -0.510. The van der Waals surface area contributed by atoms with Gasteiger partial charge in [0, 0.05) is 18.7 Å². The van der Waals surface area contributed by atoms with Gasteiger partial charge in [0.05, 0.1) is 22.1 Å². The number of nitro groups is 1. The van der Waals surface area contributed by atoms with Crippen molar-refractivity contribution >= 4 is 22.5 Å². The van der Waals surface area contributed by atoms with Crippen LogP contribution in [0, 0.1) is 10.1 Å². The van der Waals surface area contributed by atoms with Crippen molar-refractivity contribution in [2.75, 3.05) is 18.5 Å². The Morgan fingerprint density at radius 2 is 2.18 bits per heavy atom. The summed E-state index contributed by atoms with van der Waals surface area (Å²) < 4.78 is 19.9. The number of non-ortho nitro benzene ring substituents is 1. The molecule has 0 aliphatic heterocycles. The van der Waals surface area contributed by atoms with Gasteiger partial charge >= 0.3 is 29.6 Å². The molecule has 0 saturated heterocycles. The first-order chi connectivity index (χ1) is 7.56. The molecule has 0 fully saturated rings. The van der Waals surface area contributed by atoms with E-state index in [9.17, 15) is 14.3 Å². The van der Waals surface area contributed by atoms with Gasteiger partial charge < -0.3 is 16.4 Å². The number of nitrogens with one attached hydrogen (secondary N) is 1. The van der Waals surface area contributed by atoms with Crippen LogP contribution in [-0.4, -0.2) is 31.9 Å². The first-order valence-electron chi connectivity index (χ1n) is 4.30. The van der Waals surface area contributed by atoms with Crippen molar-refractivity contribution in [3.8, 4) is 0 Å². The van der Waals surface area contributed by atoms with Crippen LogP contribution in [0.3, 0.4) is 0 Å². The number of benzene rings is 1. The molecular weight excluding hydrogens is 259 g/mol. The van der Waals surface area contributed by atoms with Crippen molar-refractivity contribution in [3.63, 3.8) is 0 Å². The molecule has 1 aromatic rings. The monoisotopic (exact) mass is 270 g/mol. The largest absolute Gasteiger partial charge is 1.00 e. The third-order valence-corrected chi connectivity index (χ3v) is 2.51. The first kappa shape index (κ1) is 16.5. The molecule has 1 rings (SSSR count). The zero-order chi connectivity index (χ0) is 12.1. The summed E-state index contributed by atoms with van der Waals surface area (Å²) in [4.78, 5) is 9.74. The van der Waals surface area contributed by atoms with E-state index in [1.54, 1.807) is 0 Å². The van der Waals surface area contributed by atoms with Gasteiger partial charge in [-0.05, 0) is 6.07 Å². The number of nitrogens with zero attached hydrogens (tertiary/aromatic N) is 1. The van der Waals surface area contributed by atoms with Crippen LogP contribution in [0.4, 0.5) is 11.4 Å². The molecule has 0 radical (unpaired) electrons. The molecule has 0 aromatic heterocycles. The van der Waals surface area contributed by atoms with Gasteiger partial charge in [-0.3, -0.25) is 10.1 Å². The molecule has 3 N–H and O–H groups in total. The molecule has 0 spiro atoms. The van der Waals surface area contributed by atoms with Crippen molar-refractivity contribution in [3.05, 3.63) is 28.3 Å². The second-order valence-electron chi connectivity index (χ2n) is 2.84. The summed E-state index contributed by atoms with van der Waals surface area (Å²) in [6.07, 6.45) is 0. The standard InChI is InChI=1S/C8H10N2O5S.Na.H/c11-4-3-9-7-2-1-6(10(12)13)5-8(7)16(14)15;;/h1-2,5,9,11H,3-4H2,(H,14,15);;/q;+1;-1. The Bertz CT molecular complexity index is 434. The van der Waals surface area contributed by atoms with Gasteiger partial charge in [-0.25, -0.2) is 4.21 Å². The van der Waals surface area contributed by atoms with Gasteiger partial charge in [-0.1, -0.05) is 0 Å². The van der Waals surface area contributed by atoms with Crippen molar-refractivity contribution in [1.29, 1.82) is 0 Å². The molecule has 1 aromatic carbocycles. The molecule has 0 aliphatic rings. The van der Waals surface area contributed by atoms with Gasteiger partial charge in [-0.2, -0.15) is 0 Å². The Morgan fingerprint density at radius 3 is 2.65 bits per heavy atom. The molecule has 9 heteroatoms. The molecule has 1 unspecified atom stereocenters. The fraction of sp³-hybridized carbons (Fsp3) is 0.250. The normalized spacial score (nSPS) is 11.4. The van der Waals surface area contributed by atoms with E-state index in [2.05, 4.69) is 5.32 Å². The molecule has 1 atom stereocenters. The second-order valence-corrected chi connectivity index (χ2v) is 3.78. The van der Waals surface area contributed by atoms with Crippen molar-refractivity contribution < 1.29 is 49.8 Å². The van der Waals surface area contributed by atoms with E-state index in [-0.39, 0.29) is 54.7 Å². The molecule has 0 amide bonds. The Balaban J connectivity index is 0. The van der Waals surface area contributed by atoms with Crippen LogP contribution in [0.5, 0.6) is 0 Å². The molecule has 17 heavy (non-hydrogen) atoms. The van der Waals surface area contributed by atoms with Crippen molar-refractivity contribution in [1.82, 2.24) is 0 Å². The van der Waals surface area contributed by atoms with E-state index >= 15 is 0 Å². The molecule has 7 nitrogen and oxygen atoms in total. The van der Waals surface area contributed by atoms with Crippen LogP contribution in [-0.2, 0) is 11.1 Å². The van der Waals surface area contributed by atoms with E-state index in [1.165, 1.54) is 12.1 Å². The minimum atomic E-state index is -2.32. The van der Waals surface area contributed by atoms with Gasteiger partial charge in [0.1, 0.15) is 0 Å². The number of aliphatic hydroxyl groups is 1. The Morgan fingerprint density at radius 1 is 1.53 bits per heavy atom. The van der Waals surface area contributed by atoms with Gasteiger partial charge in [0.15, 0.2) is 11.1 Å². The van der Waals surface area contributed by atoms with Crippen molar-refractivity contribution in [2.45, 2.75) is 4.90 Å². The average molecular weight is 270 g/mol. The molecule has 90 valence electrons. The summed E-state index contributed by atoms with van der Waals surface area (Å²) in [5.41, 5.74) is 0.0347. The third kappa shape index (κ3) is 4.70. The van der Waals surface area contributed by atoms with E-state index in [4.69, 9.17) is 9.66 Å². The second kappa shape index (κ2) is 7.75. The van der Waals surface area contributed by atoms with Crippen molar-refractivity contribution in [2.24, 2.45) is 0 Å². The van der Waals surface area contributed by atoms with Gasteiger partial charge in [0.25, 0.3) is 5.69 Å². The predicted octanol–water partition coefficient (Wildman–Crippen LogP) is -2.30. The van der Waals surface area contributed by atoms with Crippen LogP contribution in [0.1, 0.15) is 1.43 Å². The summed E-state index contributed by atoms with van der Waals surface area (Å²) in [6, 6.07) is 3.57. The van der Waals surface area contributed by atoms with Crippen LogP contribution in [0.15, 0.2) is 23.1 Å². The average Bonchev–Trinajstić information content (AvgIpc) is 2.25. The zero-order valence-electron chi connectivity index (χ0n) is 10.1. The van der Waals surface area contributed by atoms with E-state index in [1.807, 2.05) is 0 Å². The molecule has 0 heterocycles. The fourth-order valence-corrected chi connectivity index (χ4v) is 1.66. The van der Waals surface area contributed by atoms with Crippen LogP contribution < -0.4 is 34.9 Å². The minimum Gasteiger partial charge on any atom is -1.00 e. The quantitative estimate of drug-likeness (QED) is 0.240. The van der Waals surface area contributed by atoms with Crippen LogP contribution >= 0.6 is 0 Å². The molecule has 0 bridgehead atoms. The summed E-state index contributed by atoms with van der Waals surface area (Å²) >= 11 is -2.32. The topological polar surface area (TPSA) is 113 Å². The maximum atomic E-state index is 10.9. The molecular formula is C8H11N2NaO5S. The first-order valence-corrected chi connectivity index (χ1v) is 5.41. The maximum Gasteiger partial charge on any atom is 1.00 e. The summed E-state index contributed by atoms with van der Waals surface area (Å²) in [7, 11) is 0. The Labute approximate surface area is 123 Å².